The van der Waals surface area contributed by atoms with Gasteiger partial charge in [-0.2, -0.15) is 10.2 Å². The number of azo groups is 1. The number of likely N-dealkylation sites (N-methyl/N-ethyl adjacent to an activating group) is 1. The van der Waals surface area contributed by atoms with Crippen molar-refractivity contribution >= 4 is 0 Å². The topological polar surface area (TPSA) is 28.0 Å². The highest BCUT2D eigenvalue weighted by molar-refractivity contribution is 5.11. The number of nitrogens with zero attached hydrogens (tertiary/aromatic N) is 3. The van der Waals surface area contributed by atoms with Crippen molar-refractivity contribution in [2.75, 3.05) is 14.1 Å². The third-order valence-electron chi connectivity index (χ3n) is 1.37. The summed E-state index contributed by atoms with van der Waals surface area (Å²) in [6, 6.07) is 0. The molecule has 3 nitrogen and oxygen atoms in total. The molecule has 0 saturated carbocycles. The van der Waals surface area contributed by atoms with E-state index in [-0.39, 0.29) is 6.17 Å². The molecule has 0 saturated heterocycles. The van der Waals surface area contributed by atoms with Gasteiger partial charge in [0.2, 0.25) is 0 Å². The van der Waals surface area contributed by atoms with E-state index in [0.717, 1.165) is 0 Å². The Morgan fingerprint density at radius 2 is 2.20 bits per heavy atom. The van der Waals surface area contributed by atoms with E-state index in [1.165, 1.54) is 0 Å². The number of allylic oxidation sites excluding steroid dienone is 2. The zero-order valence-electron chi connectivity index (χ0n) is 6.23. The van der Waals surface area contributed by atoms with Crippen LogP contribution in [0.15, 0.2) is 34.7 Å². The van der Waals surface area contributed by atoms with Gasteiger partial charge in [0.25, 0.3) is 0 Å². The Kier molecular flexibility index (Phi) is 2.20. The molecule has 0 N–H and O–H groups in total. The molecule has 10 heavy (non-hydrogen) atoms. The molecule has 0 radical (unpaired) electrons. The molecule has 1 unspecified atom stereocenters. The zero-order chi connectivity index (χ0) is 7.40. The van der Waals surface area contributed by atoms with Crippen molar-refractivity contribution in [2.45, 2.75) is 6.17 Å². The van der Waals surface area contributed by atoms with Gasteiger partial charge < -0.3 is 4.90 Å². The van der Waals surface area contributed by atoms with E-state index in [0.29, 0.717) is 0 Å². The maximum Gasteiger partial charge on any atom is 0.160 e. The molecule has 1 heterocycles. The summed E-state index contributed by atoms with van der Waals surface area (Å²) in [5.41, 5.74) is 0. The van der Waals surface area contributed by atoms with Crippen LogP contribution in [0.25, 0.3) is 0 Å². The molecule has 0 spiro atoms. The van der Waals surface area contributed by atoms with Crippen LogP contribution in [-0.2, 0) is 0 Å². The molecule has 0 bridgehead atoms. The summed E-state index contributed by atoms with van der Waals surface area (Å²) in [7, 11) is 3.65. The SMILES string of the molecule is CN=NC1C=CC=CN1C. The van der Waals surface area contributed by atoms with Crippen LogP contribution >= 0.6 is 0 Å². The van der Waals surface area contributed by atoms with Crippen LogP contribution in [-0.4, -0.2) is 25.2 Å². The largest absolute Gasteiger partial charge is 0.354 e. The van der Waals surface area contributed by atoms with Gasteiger partial charge in [0.15, 0.2) is 6.17 Å². The van der Waals surface area contributed by atoms with E-state index in [4.69, 9.17) is 0 Å². The molecule has 0 aromatic rings. The molecule has 1 aliphatic rings. The highest BCUT2D eigenvalue weighted by atomic mass is 15.3. The third kappa shape index (κ3) is 1.43. The van der Waals surface area contributed by atoms with Gasteiger partial charge in [-0.3, -0.25) is 0 Å². The second-order valence-corrected chi connectivity index (χ2v) is 2.12. The molecule has 0 aliphatic carbocycles. The van der Waals surface area contributed by atoms with Gasteiger partial charge in [-0.25, -0.2) is 0 Å². The summed E-state index contributed by atoms with van der Waals surface area (Å²) >= 11 is 0. The van der Waals surface area contributed by atoms with E-state index in [2.05, 4.69) is 10.2 Å². The lowest BCUT2D eigenvalue weighted by Crippen LogP contribution is -2.23. The van der Waals surface area contributed by atoms with Crippen molar-refractivity contribution in [3.63, 3.8) is 0 Å². The molecule has 54 valence electrons. The van der Waals surface area contributed by atoms with E-state index in [1.807, 2.05) is 36.4 Å². The van der Waals surface area contributed by atoms with Gasteiger partial charge in [-0.15, -0.1) is 0 Å². The van der Waals surface area contributed by atoms with Crippen LogP contribution in [0.4, 0.5) is 0 Å². The Hall–Kier alpha value is -1.12. The lowest BCUT2D eigenvalue weighted by molar-refractivity contribution is 0.378. The first kappa shape index (κ1) is 6.99. The molecular formula is C7H11N3. The van der Waals surface area contributed by atoms with E-state index in [9.17, 15) is 0 Å². The standard InChI is InChI=1S/C7H11N3/c1-8-9-7-5-3-4-6-10(7)2/h3-7H,1-2H3. The van der Waals surface area contributed by atoms with Crippen LogP contribution in [0.2, 0.25) is 0 Å². The predicted octanol–water partition coefficient (Wildman–Crippen LogP) is 1.41. The average molecular weight is 137 g/mol. The molecule has 1 rings (SSSR count). The molecule has 0 aromatic heterocycles. The van der Waals surface area contributed by atoms with Gasteiger partial charge in [0, 0.05) is 20.3 Å². The van der Waals surface area contributed by atoms with Gasteiger partial charge in [0.05, 0.1) is 0 Å². The highest BCUT2D eigenvalue weighted by Gasteiger charge is 2.06. The zero-order valence-corrected chi connectivity index (χ0v) is 6.23. The van der Waals surface area contributed by atoms with Crippen molar-refractivity contribution < 1.29 is 0 Å². The van der Waals surface area contributed by atoms with Crippen molar-refractivity contribution in [3.8, 4) is 0 Å². The second kappa shape index (κ2) is 3.15. The van der Waals surface area contributed by atoms with E-state index < -0.39 is 0 Å². The summed E-state index contributed by atoms with van der Waals surface area (Å²) in [6.07, 6.45) is 8.00. The fraction of sp³-hybridized carbons (Fsp3) is 0.429. The Bertz CT molecular complexity index is 181. The summed E-state index contributed by atoms with van der Waals surface area (Å²) < 4.78 is 0. The third-order valence-corrected chi connectivity index (χ3v) is 1.37. The van der Waals surface area contributed by atoms with Gasteiger partial charge in [-0.1, -0.05) is 6.08 Å². The van der Waals surface area contributed by atoms with E-state index >= 15 is 0 Å². The Labute approximate surface area is 60.8 Å². The number of rotatable bonds is 1. The monoisotopic (exact) mass is 137 g/mol. The fourth-order valence-corrected chi connectivity index (χ4v) is 0.811. The van der Waals surface area contributed by atoms with Crippen LogP contribution in [0.3, 0.4) is 0 Å². The highest BCUT2D eigenvalue weighted by Crippen LogP contribution is 2.06. The minimum absolute atomic E-state index is 0.0926. The van der Waals surface area contributed by atoms with Crippen molar-refractivity contribution in [3.05, 3.63) is 24.4 Å². The Balaban J connectivity index is 2.61. The maximum absolute atomic E-state index is 3.98. The molecule has 0 amide bonds. The Morgan fingerprint density at radius 1 is 1.40 bits per heavy atom. The van der Waals surface area contributed by atoms with Crippen molar-refractivity contribution in [1.82, 2.24) is 4.90 Å². The normalized spacial score (nSPS) is 24.6. The second-order valence-electron chi connectivity index (χ2n) is 2.12. The molecule has 3 heteroatoms. The summed E-state index contributed by atoms with van der Waals surface area (Å²) in [4.78, 5) is 1.99. The van der Waals surface area contributed by atoms with Crippen LogP contribution < -0.4 is 0 Å². The minimum Gasteiger partial charge on any atom is -0.354 e. The van der Waals surface area contributed by atoms with Crippen LogP contribution in [0.5, 0.6) is 0 Å². The number of hydrogen-bond acceptors (Lipinski definition) is 3. The quantitative estimate of drug-likeness (QED) is 0.502. The molecule has 1 aliphatic heterocycles. The molecule has 0 fully saturated rings. The first-order chi connectivity index (χ1) is 4.84. The van der Waals surface area contributed by atoms with Crippen molar-refractivity contribution in [1.29, 1.82) is 0 Å². The number of hydrogen-bond donors (Lipinski definition) is 0. The van der Waals surface area contributed by atoms with Crippen LogP contribution in [0, 0.1) is 0 Å². The van der Waals surface area contributed by atoms with E-state index in [1.54, 1.807) is 7.05 Å². The predicted molar refractivity (Wildman–Crippen MR) is 40.6 cm³/mol. The molecule has 1 atom stereocenters. The lowest BCUT2D eigenvalue weighted by atomic mass is 10.3. The van der Waals surface area contributed by atoms with Gasteiger partial charge in [-0.05, 0) is 12.2 Å². The molecular weight excluding hydrogens is 126 g/mol. The minimum atomic E-state index is 0.0926. The molecule has 0 aromatic carbocycles. The summed E-state index contributed by atoms with van der Waals surface area (Å²) in [5.74, 6) is 0. The first-order valence-corrected chi connectivity index (χ1v) is 3.20. The van der Waals surface area contributed by atoms with Crippen molar-refractivity contribution in [2.24, 2.45) is 10.2 Å². The lowest BCUT2D eigenvalue weighted by Gasteiger charge is -2.20. The summed E-state index contributed by atoms with van der Waals surface area (Å²) in [5, 5.41) is 7.69. The van der Waals surface area contributed by atoms with Gasteiger partial charge in [0.1, 0.15) is 0 Å². The average Bonchev–Trinajstić information content (AvgIpc) is 1.94. The fourth-order valence-electron chi connectivity index (χ4n) is 0.811. The maximum atomic E-state index is 3.98. The Morgan fingerprint density at radius 3 is 2.80 bits per heavy atom. The first-order valence-electron chi connectivity index (χ1n) is 3.20. The summed E-state index contributed by atoms with van der Waals surface area (Å²) in [6.45, 7) is 0. The van der Waals surface area contributed by atoms with Gasteiger partial charge >= 0.3 is 0 Å². The van der Waals surface area contributed by atoms with Crippen LogP contribution in [0.1, 0.15) is 0 Å². The smallest absolute Gasteiger partial charge is 0.160 e.